The lowest BCUT2D eigenvalue weighted by Crippen LogP contribution is -2.19. The molecule has 0 aliphatic carbocycles. The van der Waals surface area contributed by atoms with E-state index in [0.717, 1.165) is 28.6 Å². The number of nitrogens with zero attached hydrogens (tertiary/aromatic N) is 4. The normalized spacial score (nSPS) is 10.6. The molecule has 0 bridgehead atoms. The molecule has 0 radical (unpaired) electrons. The van der Waals surface area contributed by atoms with Gasteiger partial charge in [0.05, 0.1) is 11.4 Å². The van der Waals surface area contributed by atoms with Gasteiger partial charge in [-0.15, -0.1) is 5.10 Å². The van der Waals surface area contributed by atoms with Crippen LogP contribution in [0.25, 0.3) is 5.69 Å². The van der Waals surface area contributed by atoms with Crippen molar-refractivity contribution in [1.82, 2.24) is 20.2 Å². The van der Waals surface area contributed by atoms with E-state index in [4.69, 9.17) is 11.5 Å². The van der Waals surface area contributed by atoms with Crippen molar-refractivity contribution in [3.63, 3.8) is 0 Å². The van der Waals surface area contributed by atoms with Crippen LogP contribution in [0.5, 0.6) is 0 Å². The predicted octanol–water partition coefficient (Wildman–Crippen LogP) is 1.21. The van der Waals surface area contributed by atoms with Crippen LogP contribution in [-0.4, -0.2) is 43.7 Å². The van der Waals surface area contributed by atoms with Crippen LogP contribution in [-0.2, 0) is 4.79 Å². The SMILES string of the molecule is Cc1ccc(-n2nnnc2SCC(=O)Nc2cc(C(N)=O)cc(C(N)=O)c2)c(C)c1. The molecular weight excluding hydrogens is 406 g/mol. The molecular formula is C19H19N7O3S. The van der Waals surface area contributed by atoms with E-state index in [1.165, 1.54) is 18.2 Å². The number of benzene rings is 2. The Balaban J connectivity index is 1.73. The largest absolute Gasteiger partial charge is 0.366 e. The Bertz CT molecular complexity index is 1110. The molecule has 0 unspecified atom stereocenters. The van der Waals surface area contributed by atoms with E-state index in [2.05, 4.69) is 20.8 Å². The first-order valence-corrected chi connectivity index (χ1v) is 9.76. The lowest BCUT2D eigenvalue weighted by molar-refractivity contribution is -0.113. The highest BCUT2D eigenvalue weighted by Gasteiger charge is 2.15. The van der Waals surface area contributed by atoms with E-state index in [0.29, 0.717) is 5.16 Å². The van der Waals surface area contributed by atoms with Crippen molar-refractivity contribution in [2.24, 2.45) is 11.5 Å². The van der Waals surface area contributed by atoms with Gasteiger partial charge in [-0.05, 0) is 54.1 Å². The third-order valence-electron chi connectivity index (χ3n) is 4.14. The van der Waals surface area contributed by atoms with Crippen molar-refractivity contribution in [3.8, 4) is 5.69 Å². The topological polar surface area (TPSA) is 159 Å². The first kappa shape index (κ1) is 21.0. The number of anilines is 1. The molecule has 0 aliphatic heterocycles. The molecule has 0 spiro atoms. The van der Waals surface area contributed by atoms with Crippen LogP contribution in [0.15, 0.2) is 41.6 Å². The Morgan fingerprint density at radius 3 is 2.30 bits per heavy atom. The van der Waals surface area contributed by atoms with E-state index in [1.54, 1.807) is 4.68 Å². The van der Waals surface area contributed by atoms with Crippen LogP contribution in [0, 0.1) is 13.8 Å². The van der Waals surface area contributed by atoms with Crippen molar-refractivity contribution in [2.75, 3.05) is 11.1 Å². The van der Waals surface area contributed by atoms with Gasteiger partial charge in [0.1, 0.15) is 0 Å². The minimum Gasteiger partial charge on any atom is -0.366 e. The Morgan fingerprint density at radius 1 is 1.03 bits per heavy atom. The summed E-state index contributed by atoms with van der Waals surface area (Å²) in [5.74, 6) is -1.86. The Morgan fingerprint density at radius 2 is 1.70 bits per heavy atom. The number of rotatable bonds is 7. The second kappa shape index (κ2) is 8.74. The molecule has 0 saturated heterocycles. The zero-order valence-electron chi connectivity index (χ0n) is 16.2. The standard InChI is InChI=1S/C19H19N7O3S/c1-10-3-4-15(11(2)5-10)26-19(23-24-25-26)30-9-16(27)22-14-7-12(17(20)28)6-13(8-14)18(21)29/h3-8H,9H2,1-2H3,(H2,20,28)(H2,21,29)(H,22,27). The van der Waals surface area contributed by atoms with Crippen LogP contribution in [0.1, 0.15) is 31.8 Å². The minimum atomic E-state index is -0.740. The van der Waals surface area contributed by atoms with Gasteiger partial charge >= 0.3 is 0 Å². The maximum absolute atomic E-state index is 12.4. The zero-order valence-corrected chi connectivity index (χ0v) is 17.1. The van der Waals surface area contributed by atoms with Crippen LogP contribution < -0.4 is 16.8 Å². The van der Waals surface area contributed by atoms with Crippen molar-refractivity contribution in [3.05, 3.63) is 58.7 Å². The van der Waals surface area contributed by atoms with Crippen LogP contribution in [0.4, 0.5) is 5.69 Å². The monoisotopic (exact) mass is 425 g/mol. The summed E-state index contributed by atoms with van der Waals surface area (Å²) in [5, 5.41) is 14.7. The van der Waals surface area contributed by atoms with Crippen molar-refractivity contribution in [2.45, 2.75) is 19.0 Å². The summed E-state index contributed by atoms with van der Waals surface area (Å²) >= 11 is 1.14. The first-order chi connectivity index (χ1) is 14.2. The van der Waals surface area contributed by atoms with E-state index >= 15 is 0 Å². The molecule has 3 amide bonds. The molecule has 3 aromatic rings. The molecule has 2 aromatic carbocycles. The number of carbonyl (C=O) groups excluding carboxylic acids is 3. The fourth-order valence-electron chi connectivity index (χ4n) is 2.77. The maximum Gasteiger partial charge on any atom is 0.248 e. The van der Waals surface area contributed by atoms with Gasteiger partial charge in [-0.1, -0.05) is 29.5 Å². The number of nitrogens with one attached hydrogen (secondary N) is 1. The first-order valence-electron chi connectivity index (χ1n) is 8.78. The Labute approximate surface area is 176 Å². The second-order valence-corrected chi connectivity index (χ2v) is 7.47. The van der Waals surface area contributed by atoms with Gasteiger partial charge in [0.2, 0.25) is 22.9 Å². The fraction of sp³-hybridized carbons (Fsp3) is 0.158. The highest BCUT2D eigenvalue weighted by atomic mass is 32.2. The number of thioether (sulfide) groups is 1. The van der Waals surface area contributed by atoms with Gasteiger partial charge in [-0.2, -0.15) is 4.68 Å². The number of primary amides is 2. The molecule has 11 heteroatoms. The number of hydrogen-bond acceptors (Lipinski definition) is 7. The fourth-order valence-corrected chi connectivity index (χ4v) is 3.46. The highest BCUT2D eigenvalue weighted by molar-refractivity contribution is 7.99. The van der Waals surface area contributed by atoms with Crippen LogP contribution in [0.3, 0.4) is 0 Å². The zero-order chi connectivity index (χ0) is 21.8. The lowest BCUT2D eigenvalue weighted by atomic mass is 10.1. The van der Waals surface area contributed by atoms with Crippen LogP contribution in [0.2, 0.25) is 0 Å². The summed E-state index contributed by atoms with van der Waals surface area (Å²) in [6, 6.07) is 9.89. The van der Waals surface area contributed by atoms with Gasteiger partial charge in [-0.3, -0.25) is 14.4 Å². The van der Waals surface area contributed by atoms with Gasteiger partial charge in [0.15, 0.2) is 0 Å². The van der Waals surface area contributed by atoms with Crippen molar-refractivity contribution in [1.29, 1.82) is 0 Å². The van der Waals surface area contributed by atoms with Gasteiger partial charge in [0.25, 0.3) is 0 Å². The molecule has 0 fully saturated rings. The Kier molecular flexibility index (Phi) is 6.11. The summed E-state index contributed by atoms with van der Waals surface area (Å²) in [5.41, 5.74) is 13.8. The molecule has 0 aliphatic rings. The number of carbonyl (C=O) groups is 3. The minimum absolute atomic E-state index is 0.00200. The molecule has 3 rings (SSSR count). The Hall–Kier alpha value is -3.73. The number of nitrogens with two attached hydrogens (primary N) is 2. The smallest absolute Gasteiger partial charge is 0.248 e. The average Bonchev–Trinajstić information content (AvgIpc) is 3.14. The average molecular weight is 425 g/mol. The number of amides is 3. The second-order valence-electron chi connectivity index (χ2n) is 6.53. The molecule has 0 saturated carbocycles. The number of hydrogen-bond donors (Lipinski definition) is 3. The number of aromatic nitrogens is 4. The molecule has 154 valence electrons. The third kappa shape index (κ3) is 4.81. The van der Waals surface area contributed by atoms with E-state index in [-0.39, 0.29) is 28.5 Å². The molecule has 5 N–H and O–H groups in total. The molecule has 1 aromatic heterocycles. The van der Waals surface area contributed by atoms with Gasteiger partial charge in [-0.25, -0.2) is 0 Å². The van der Waals surface area contributed by atoms with E-state index in [1.807, 2.05) is 32.0 Å². The van der Waals surface area contributed by atoms with E-state index < -0.39 is 11.8 Å². The van der Waals surface area contributed by atoms with Gasteiger partial charge in [0, 0.05) is 16.8 Å². The summed E-state index contributed by atoms with van der Waals surface area (Å²) in [7, 11) is 0. The van der Waals surface area contributed by atoms with E-state index in [9.17, 15) is 14.4 Å². The molecule has 10 nitrogen and oxygen atoms in total. The van der Waals surface area contributed by atoms with Gasteiger partial charge < -0.3 is 16.8 Å². The van der Waals surface area contributed by atoms with Crippen molar-refractivity contribution < 1.29 is 14.4 Å². The lowest BCUT2D eigenvalue weighted by Gasteiger charge is -2.09. The van der Waals surface area contributed by atoms with Crippen LogP contribution >= 0.6 is 11.8 Å². The summed E-state index contributed by atoms with van der Waals surface area (Å²) in [4.78, 5) is 35.3. The summed E-state index contributed by atoms with van der Waals surface area (Å²) < 4.78 is 1.56. The summed E-state index contributed by atoms with van der Waals surface area (Å²) in [6.07, 6.45) is 0. The summed E-state index contributed by atoms with van der Waals surface area (Å²) in [6.45, 7) is 3.94. The third-order valence-corrected chi connectivity index (χ3v) is 5.06. The molecule has 1 heterocycles. The molecule has 0 atom stereocenters. The highest BCUT2D eigenvalue weighted by Crippen LogP contribution is 2.22. The number of aryl methyl sites for hydroxylation is 2. The number of tetrazole rings is 1. The molecule has 30 heavy (non-hydrogen) atoms. The quantitative estimate of drug-likeness (QED) is 0.480. The maximum atomic E-state index is 12.4. The predicted molar refractivity (Wildman–Crippen MR) is 111 cm³/mol. The van der Waals surface area contributed by atoms with Crippen molar-refractivity contribution >= 4 is 35.2 Å².